The number of nitrogens with zero attached hydrogens (tertiary/aromatic N) is 1. The third kappa shape index (κ3) is 4.08. The molecule has 0 unspecified atom stereocenters. The van der Waals surface area contributed by atoms with Gasteiger partial charge in [-0.2, -0.15) is 0 Å². The molecule has 0 aromatic carbocycles. The number of carbonyl (C=O) groups is 2. The molecule has 0 aliphatic carbocycles. The smallest absolute Gasteiger partial charge is 0.236 e. The van der Waals surface area contributed by atoms with Gasteiger partial charge in [0.2, 0.25) is 5.91 Å². The summed E-state index contributed by atoms with van der Waals surface area (Å²) in [6.07, 6.45) is 1.63. The topological polar surface area (TPSA) is 49.4 Å². The van der Waals surface area contributed by atoms with Gasteiger partial charge in [-0.15, -0.1) is 0 Å². The van der Waals surface area contributed by atoms with Crippen molar-refractivity contribution in [1.29, 1.82) is 0 Å². The van der Waals surface area contributed by atoms with Gasteiger partial charge in [-0.25, -0.2) is 0 Å². The van der Waals surface area contributed by atoms with E-state index in [0.29, 0.717) is 13.1 Å². The quantitative estimate of drug-likeness (QED) is 0.557. The number of rotatable bonds is 6. The fourth-order valence-electron chi connectivity index (χ4n) is 0.941. The van der Waals surface area contributed by atoms with Crippen molar-refractivity contribution in [2.75, 3.05) is 26.7 Å². The average molecular weight is 172 g/mol. The first-order valence-corrected chi connectivity index (χ1v) is 4.12. The Kier molecular flexibility index (Phi) is 6.28. The van der Waals surface area contributed by atoms with Gasteiger partial charge in [-0.3, -0.25) is 4.79 Å². The molecule has 0 spiro atoms. The zero-order valence-corrected chi connectivity index (χ0v) is 7.67. The number of aldehydes is 1. The van der Waals surface area contributed by atoms with Crippen molar-refractivity contribution in [1.82, 2.24) is 10.2 Å². The van der Waals surface area contributed by atoms with Gasteiger partial charge < -0.3 is 15.0 Å². The van der Waals surface area contributed by atoms with E-state index in [1.165, 1.54) is 0 Å². The van der Waals surface area contributed by atoms with Crippen LogP contribution in [0.1, 0.15) is 13.3 Å². The Labute approximate surface area is 72.9 Å². The van der Waals surface area contributed by atoms with Crippen LogP contribution in [0.4, 0.5) is 0 Å². The molecule has 0 saturated carbocycles. The van der Waals surface area contributed by atoms with Crippen LogP contribution in [0.3, 0.4) is 0 Å². The summed E-state index contributed by atoms with van der Waals surface area (Å²) in [5, 5.41) is 2.76. The first-order valence-electron chi connectivity index (χ1n) is 4.12. The van der Waals surface area contributed by atoms with Crippen LogP contribution in [0.5, 0.6) is 0 Å². The van der Waals surface area contributed by atoms with E-state index in [4.69, 9.17) is 0 Å². The molecule has 0 radical (unpaired) electrons. The number of carbonyl (C=O) groups excluding carboxylic acids is 2. The van der Waals surface area contributed by atoms with Gasteiger partial charge >= 0.3 is 0 Å². The van der Waals surface area contributed by atoms with Crippen LogP contribution < -0.4 is 5.32 Å². The normalized spacial score (nSPS) is 9.50. The zero-order chi connectivity index (χ0) is 9.40. The van der Waals surface area contributed by atoms with Gasteiger partial charge in [0.05, 0.1) is 13.1 Å². The van der Waals surface area contributed by atoms with E-state index >= 15 is 0 Å². The van der Waals surface area contributed by atoms with Gasteiger partial charge in [-0.1, -0.05) is 6.92 Å². The largest absolute Gasteiger partial charge is 0.335 e. The van der Waals surface area contributed by atoms with Crippen molar-refractivity contribution in [3.05, 3.63) is 0 Å². The summed E-state index contributed by atoms with van der Waals surface area (Å²) in [6.45, 7) is 3.13. The van der Waals surface area contributed by atoms with E-state index in [2.05, 4.69) is 5.32 Å². The molecule has 0 aliphatic rings. The van der Waals surface area contributed by atoms with Gasteiger partial charge in [0.15, 0.2) is 0 Å². The highest BCUT2D eigenvalue weighted by molar-refractivity contribution is 5.80. The molecule has 0 aromatic rings. The molecular formula is C8H16N2O2. The van der Waals surface area contributed by atoms with Gasteiger partial charge in [0.1, 0.15) is 6.29 Å². The lowest BCUT2D eigenvalue weighted by Crippen LogP contribution is -2.38. The van der Waals surface area contributed by atoms with Crippen molar-refractivity contribution >= 4 is 12.2 Å². The fourth-order valence-corrected chi connectivity index (χ4v) is 0.941. The lowest BCUT2D eigenvalue weighted by atomic mass is 10.4. The van der Waals surface area contributed by atoms with Crippen molar-refractivity contribution < 1.29 is 9.59 Å². The predicted molar refractivity (Wildman–Crippen MR) is 46.9 cm³/mol. The van der Waals surface area contributed by atoms with Gasteiger partial charge in [0, 0.05) is 6.54 Å². The minimum Gasteiger partial charge on any atom is -0.335 e. The second-order valence-electron chi connectivity index (χ2n) is 2.54. The Bertz CT molecular complexity index is 148. The van der Waals surface area contributed by atoms with E-state index in [0.717, 1.165) is 12.7 Å². The molecule has 12 heavy (non-hydrogen) atoms. The summed E-state index contributed by atoms with van der Waals surface area (Å²) < 4.78 is 0. The maximum atomic E-state index is 11.2. The molecule has 1 N–H and O–H groups in total. The molecule has 4 nitrogen and oxygen atoms in total. The molecule has 0 rings (SSSR count). The van der Waals surface area contributed by atoms with E-state index in [9.17, 15) is 9.59 Å². The number of hydrogen-bond acceptors (Lipinski definition) is 3. The highest BCUT2D eigenvalue weighted by Gasteiger charge is 2.09. The molecule has 0 bridgehead atoms. The monoisotopic (exact) mass is 172 g/mol. The third-order valence-corrected chi connectivity index (χ3v) is 1.47. The van der Waals surface area contributed by atoms with Crippen molar-refractivity contribution in [2.24, 2.45) is 0 Å². The van der Waals surface area contributed by atoms with Crippen molar-refractivity contribution in [3.8, 4) is 0 Å². The number of nitrogens with one attached hydrogen (secondary N) is 1. The number of likely N-dealkylation sites (N-methyl/N-ethyl adjacent to an activating group) is 1. The molecule has 70 valence electrons. The first kappa shape index (κ1) is 11.1. The lowest BCUT2D eigenvalue weighted by Gasteiger charge is -2.18. The Balaban J connectivity index is 3.89. The summed E-state index contributed by atoms with van der Waals surface area (Å²) in [5.41, 5.74) is 0. The molecule has 1 amide bonds. The van der Waals surface area contributed by atoms with Gasteiger partial charge in [-0.05, 0) is 13.5 Å². The summed E-state index contributed by atoms with van der Waals surface area (Å²) in [5.74, 6) is -0.0218. The van der Waals surface area contributed by atoms with Crippen LogP contribution in [-0.4, -0.2) is 43.8 Å². The Morgan fingerprint density at radius 1 is 1.58 bits per heavy atom. The number of amides is 1. The van der Waals surface area contributed by atoms with E-state index < -0.39 is 0 Å². The Morgan fingerprint density at radius 2 is 2.25 bits per heavy atom. The van der Waals surface area contributed by atoms with Crippen molar-refractivity contribution in [2.45, 2.75) is 13.3 Å². The second kappa shape index (κ2) is 6.79. The maximum Gasteiger partial charge on any atom is 0.236 e. The standard InChI is InChI=1S/C8H16N2O2/c1-3-4-10(5-6-11)8(12)7-9-2/h6,9H,3-5,7H2,1-2H3. The predicted octanol–water partition coefficient (Wildman–Crippen LogP) is -0.357. The second-order valence-corrected chi connectivity index (χ2v) is 2.54. The van der Waals surface area contributed by atoms with Crippen molar-refractivity contribution in [3.63, 3.8) is 0 Å². The molecule has 0 aliphatic heterocycles. The highest BCUT2D eigenvalue weighted by Crippen LogP contribution is 1.90. The molecule has 0 atom stereocenters. The minimum atomic E-state index is -0.0218. The van der Waals surface area contributed by atoms with Gasteiger partial charge in [0.25, 0.3) is 0 Å². The van der Waals surface area contributed by atoms with E-state index in [1.54, 1.807) is 11.9 Å². The van der Waals surface area contributed by atoms with Crippen LogP contribution in [-0.2, 0) is 9.59 Å². The lowest BCUT2D eigenvalue weighted by molar-refractivity contribution is -0.132. The maximum absolute atomic E-state index is 11.2. The summed E-state index contributed by atoms with van der Waals surface area (Å²) >= 11 is 0. The summed E-state index contributed by atoms with van der Waals surface area (Å²) in [6, 6.07) is 0. The van der Waals surface area contributed by atoms with Crippen LogP contribution in [0.15, 0.2) is 0 Å². The fraction of sp³-hybridized carbons (Fsp3) is 0.750. The summed E-state index contributed by atoms with van der Waals surface area (Å²) in [4.78, 5) is 23.0. The van der Waals surface area contributed by atoms with Crippen LogP contribution in [0, 0.1) is 0 Å². The molecule has 0 heterocycles. The van der Waals surface area contributed by atoms with E-state index in [1.807, 2.05) is 6.92 Å². The first-order chi connectivity index (χ1) is 5.76. The molecule has 0 fully saturated rings. The Morgan fingerprint density at radius 3 is 2.67 bits per heavy atom. The van der Waals surface area contributed by atoms with Crippen LogP contribution in [0.2, 0.25) is 0 Å². The van der Waals surface area contributed by atoms with Crippen LogP contribution in [0.25, 0.3) is 0 Å². The third-order valence-electron chi connectivity index (χ3n) is 1.47. The minimum absolute atomic E-state index is 0.0218. The summed E-state index contributed by atoms with van der Waals surface area (Å²) in [7, 11) is 1.71. The van der Waals surface area contributed by atoms with Crippen LogP contribution >= 0.6 is 0 Å². The zero-order valence-electron chi connectivity index (χ0n) is 7.67. The Hall–Kier alpha value is -0.900. The number of hydrogen-bond donors (Lipinski definition) is 1. The SMILES string of the molecule is CCCN(CC=O)C(=O)CNC. The molecule has 4 heteroatoms. The average Bonchev–Trinajstić information content (AvgIpc) is 2.04. The highest BCUT2D eigenvalue weighted by atomic mass is 16.2. The van der Waals surface area contributed by atoms with E-state index in [-0.39, 0.29) is 12.5 Å². The molecule has 0 saturated heterocycles. The molecular weight excluding hydrogens is 156 g/mol. The molecule has 0 aromatic heterocycles.